The van der Waals surface area contributed by atoms with Gasteiger partial charge in [0.25, 0.3) is 0 Å². The molecule has 1 N–H and O–H groups in total. The number of nitrogens with one attached hydrogen (secondary N) is 1. The Morgan fingerprint density at radius 2 is 1.93 bits per heavy atom. The first-order chi connectivity index (χ1) is 6.97. The predicted octanol–water partition coefficient (Wildman–Crippen LogP) is 0.958. The van der Waals surface area contributed by atoms with Gasteiger partial charge in [-0.25, -0.2) is 17.2 Å². The maximum Gasteiger partial charge on any atom is 0.179 e. The van der Waals surface area contributed by atoms with Crippen molar-refractivity contribution in [2.24, 2.45) is 0 Å². The van der Waals surface area contributed by atoms with Gasteiger partial charge in [-0.15, -0.1) is 0 Å². The van der Waals surface area contributed by atoms with E-state index in [1.165, 1.54) is 0 Å². The van der Waals surface area contributed by atoms with Gasteiger partial charge < -0.3 is 5.32 Å². The Morgan fingerprint density at radius 3 is 2.47 bits per heavy atom. The quantitative estimate of drug-likeness (QED) is 0.791. The molecule has 1 aromatic carbocycles. The van der Waals surface area contributed by atoms with E-state index in [1.807, 2.05) is 0 Å². The molecule has 0 bridgehead atoms. The average Bonchev–Trinajstić information content (AvgIpc) is 2.19. The molecule has 1 rings (SSSR count). The van der Waals surface area contributed by atoms with Crippen molar-refractivity contribution in [3.8, 4) is 0 Å². The number of rotatable bonds is 4. The van der Waals surface area contributed by atoms with Crippen LogP contribution in [0.2, 0.25) is 0 Å². The van der Waals surface area contributed by atoms with E-state index in [0.29, 0.717) is 6.07 Å². The standard InChI is InChI=1S/C9H11F2NO2S/c1-12-4-5-15(13,14)7-2-3-8(10)9(11)6-7/h2-3,6,12H,4-5H2,1H3. The minimum absolute atomic E-state index is 0.144. The molecule has 0 aliphatic heterocycles. The zero-order chi connectivity index (χ0) is 11.5. The lowest BCUT2D eigenvalue weighted by atomic mass is 10.3. The molecule has 0 aromatic heterocycles. The van der Waals surface area contributed by atoms with Crippen LogP contribution in [0.15, 0.2) is 23.1 Å². The molecule has 3 nitrogen and oxygen atoms in total. The Hall–Kier alpha value is -1.01. The molecule has 0 amide bonds. The first-order valence-corrected chi connectivity index (χ1v) is 5.95. The third-order valence-electron chi connectivity index (χ3n) is 1.87. The highest BCUT2D eigenvalue weighted by molar-refractivity contribution is 7.91. The predicted molar refractivity (Wildman–Crippen MR) is 52.3 cm³/mol. The Labute approximate surface area is 87.0 Å². The normalized spacial score (nSPS) is 11.7. The summed E-state index contributed by atoms with van der Waals surface area (Å²) in [6.07, 6.45) is 0. The van der Waals surface area contributed by atoms with Crippen LogP contribution in [0.1, 0.15) is 0 Å². The summed E-state index contributed by atoms with van der Waals surface area (Å²) in [6.45, 7) is 0.265. The highest BCUT2D eigenvalue weighted by Gasteiger charge is 2.15. The van der Waals surface area contributed by atoms with Gasteiger partial charge in [-0.3, -0.25) is 0 Å². The molecule has 0 saturated heterocycles. The summed E-state index contributed by atoms with van der Waals surface area (Å²) < 4.78 is 48.4. The molecule has 0 aliphatic rings. The molecule has 0 aliphatic carbocycles. The Kier molecular flexibility index (Phi) is 3.76. The van der Waals surface area contributed by atoms with Gasteiger partial charge in [-0.1, -0.05) is 0 Å². The minimum Gasteiger partial charge on any atom is -0.319 e. The van der Waals surface area contributed by atoms with Crippen molar-refractivity contribution in [2.45, 2.75) is 4.90 Å². The summed E-state index contributed by atoms with van der Waals surface area (Å²) in [7, 11) is -1.92. The Morgan fingerprint density at radius 1 is 1.27 bits per heavy atom. The Bertz CT molecular complexity index is 445. The average molecular weight is 235 g/mol. The Balaban J connectivity index is 3.00. The minimum atomic E-state index is -3.53. The van der Waals surface area contributed by atoms with Crippen LogP contribution in [0.3, 0.4) is 0 Å². The summed E-state index contributed by atoms with van der Waals surface area (Å²) in [5.74, 6) is -2.35. The van der Waals surface area contributed by atoms with Crippen LogP contribution < -0.4 is 5.32 Å². The maximum atomic E-state index is 12.8. The molecule has 84 valence electrons. The number of sulfone groups is 1. The topological polar surface area (TPSA) is 46.2 Å². The van der Waals surface area contributed by atoms with Crippen molar-refractivity contribution in [3.05, 3.63) is 29.8 Å². The first kappa shape index (κ1) is 12.1. The summed E-state index contributed by atoms with van der Waals surface area (Å²) >= 11 is 0. The van der Waals surface area contributed by atoms with Gasteiger partial charge in [0.1, 0.15) is 0 Å². The molecule has 0 saturated carbocycles. The highest BCUT2D eigenvalue weighted by Crippen LogP contribution is 2.14. The monoisotopic (exact) mass is 235 g/mol. The molecule has 0 atom stereocenters. The van der Waals surface area contributed by atoms with Gasteiger partial charge >= 0.3 is 0 Å². The van der Waals surface area contributed by atoms with Crippen molar-refractivity contribution in [2.75, 3.05) is 19.3 Å². The van der Waals surface area contributed by atoms with E-state index in [0.717, 1.165) is 12.1 Å². The van der Waals surface area contributed by atoms with Gasteiger partial charge in [0.05, 0.1) is 10.6 Å². The first-order valence-electron chi connectivity index (χ1n) is 4.30. The summed E-state index contributed by atoms with van der Waals surface area (Å²) in [5.41, 5.74) is 0. The smallest absolute Gasteiger partial charge is 0.179 e. The lowest BCUT2D eigenvalue weighted by Crippen LogP contribution is -2.19. The molecule has 0 spiro atoms. The molecular formula is C9H11F2NO2S. The van der Waals surface area contributed by atoms with E-state index in [9.17, 15) is 17.2 Å². The van der Waals surface area contributed by atoms with Gasteiger partial charge in [0, 0.05) is 6.54 Å². The number of hydrogen-bond donors (Lipinski definition) is 1. The van der Waals surface area contributed by atoms with Crippen molar-refractivity contribution < 1.29 is 17.2 Å². The van der Waals surface area contributed by atoms with E-state index in [4.69, 9.17) is 0 Å². The molecule has 0 fully saturated rings. The second-order valence-electron chi connectivity index (χ2n) is 3.00. The van der Waals surface area contributed by atoms with E-state index >= 15 is 0 Å². The van der Waals surface area contributed by atoms with Crippen LogP contribution in [-0.4, -0.2) is 27.8 Å². The van der Waals surface area contributed by atoms with E-state index in [2.05, 4.69) is 5.32 Å². The molecule has 6 heteroatoms. The van der Waals surface area contributed by atoms with Gasteiger partial charge in [-0.2, -0.15) is 0 Å². The van der Waals surface area contributed by atoms with Crippen LogP contribution in [0.5, 0.6) is 0 Å². The highest BCUT2D eigenvalue weighted by atomic mass is 32.2. The molecule has 0 radical (unpaired) electrons. The van der Waals surface area contributed by atoms with Crippen molar-refractivity contribution >= 4 is 9.84 Å². The summed E-state index contributed by atoms with van der Waals surface area (Å²) in [6, 6.07) is 2.56. The lowest BCUT2D eigenvalue weighted by Gasteiger charge is -2.04. The molecule has 0 heterocycles. The van der Waals surface area contributed by atoms with Crippen LogP contribution in [0.25, 0.3) is 0 Å². The van der Waals surface area contributed by atoms with Crippen LogP contribution >= 0.6 is 0 Å². The van der Waals surface area contributed by atoms with Gasteiger partial charge in [-0.05, 0) is 25.2 Å². The van der Waals surface area contributed by atoms with Crippen LogP contribution in [0, 0.1) is 11.6 Å². The molecule has 0 unspecified atom stereocenters. The van der Waals surface area contributed by atoms with Crippen LogP contribution in [0.4, 0.5) is 8.78 Å². The largest absolute Gasteiger partial charge is 0.319 e. The fraction of sp³-hybridized carbons (Fsp3) is 0.333. The zero-order valence-electron chi connectivity index (χ0n) is 8.13. The SMILES string of the molecule is CNCCS(=O)(=O)c1ccc(F)c(F)c1. The second kappa shape index (κ2) is 4.67. The number of halogens is 2. The van der Waals surface area contributed by atoms with Crippen molar-refractivity contribution in [1.29, 1.82) is 0 Å². The van der Waals surface area contributed by atoms with E-state index in [-0.39, 0.29) is 17.2 Å². The molecule has 1 aromatic rings. The number of benzene rings is 1. The fourth-order valence-electron chi connectivity index (χ4n) is 1.02. The third-order valence-corrected chi connectivity index (χ3v) is 3.58. The van der Waals surface area contributed by atoms with Crippen LogP contribution in [-0.2, 0) is 9.84 Å². The van der Waals surface area contributed by atoms with Crippen molar-refractivity contribution in [1.82, 2.24) is 5.32 Å². The van der Waals surface area contributed by atoms with E-state index < -0.39 is 21.5 Å². The van der Waals surface area contributed by atoms with E-state index in [1.54, 1.807) is 7.05 Å². The van der Waals surface area contributed by atoms with Gasteiger partial charge in [0.15, 0.2) is 21.5 Å². The molecular weight excluding hydrogens is 224 g/mol. The fourth-order valence-corrected chi connectivity index (χ4v) is 2.29. The molecule has 15 heavy (non-hydrogen) atoms. The zero-order valence-corrected chi connectivity index (χ0v) is 8.94. The third kappa shape index (κ3) is 2.97. The summed E-state index contributed by atoms with van der Waals surface area (Å²) in [5, 5.41) is 2.67. The maximum absolute atomic E-state index is 12.8. The number of hydrogen-bond acceptors (Lipinski definition) is 3. The second-order valence-corrected chi connectivity index (χ2v) is 5.11. The van der Waals surface area contributed by atoms with Gasteiger partial charge in [0.2, 0.25) is 0 Å². The van der Waals surface area contributed by atoms with Crippen molar-refractivity contribution in [3.63, 3.8) is 0 Å². The summed E-state index contributed by atoms with van der Waals surface area (Å²) in [4.78, 5) is -0.198. The lowest BCUT2D eigenvalue weighted by molar-refractivity contribution is 0.504.